The van der Waals surface area contributed by atoms with Crippen LogP contribution in [0.5, 0.6) is 0 Å². The van der Waals surface area contributed by atoms with E-state index in [1.807, 2.05) is 7.05 Å². The molecule has 0 aromatic heterocycles. The average Bonchev–Trinajstić information content (AvgIpc) is 3.15. The Morgan fingerprint density at radius 3 is 2.68 bits per heavy atom. The van der Waals surface area contributed by atoms with Crippen molar-refractivity contribution in [3.8, 4) is 0 Å². The third-order valence-electron chi connectivity index (χ3n) is 4.71. The minimum atomic E-state index is 0. The molecule has 2 aromatic rings. The van der Waals surface area contributed by atoms with Gasteiger partial charge < -0.3 is 20.3 Å². The first-order chi connectivity index (χ1) is 13.2. The van der Waals surface area contributed by atoms with Gasteiger partial charge in [0.05, 0.1) is 6.61 Å². The summed E-state index contributed by atoms with van der Waals surface area (Å²) in [5, 5.41) is 6.97. The van der Waals surface area contributed by atoms with E-state index in [9.17, 15) is 0 Å². The van der Waals surface area contributed by atoms with Gasteiger partial charge in [-0.15, -0.1) is 24.0 Å². The van der Waals surface area contributed by atoms with Crippen LogP contribution in [0, 0.1) is 0 Å². The molecular formula is C21H28BrIN4O. The first-order valence-electron chi connectivity index (χ1n) is 9.22. The van der Waals surface area contributed by atoms with Crippen LogP contribution in [0.15, 0.2) is 58.0 Å². The third-order valence-corrected chi connectivity index (χ3v) is 5.24. The van der Waals surface area contributed by atoms with Gasteiger partial charge in [0.2, 0.25) is 0 Å². The van der Waals surface area contributed by atoms with Crippen LogP contribution in [-0.4, -0.2) is 39.2 Å². The van der Waals surface area contributed by atoms with Gasteiger partial charge in [-0.2, -0.15) is 0 Å². The minimum absolute atomic E-state index is 0. The van der Waals surface area contributed by atoms with E-state index in [1.165, 1.54) is 16.8 Å². The molecule has 152 valence electrons. The largest absolute Gasteiger partial charge is 0.380 e. The van der Waals surface area contributed by atoms with Crippen LogP contribution in [-0.2, 0) is 17.9 Å². The van der Waals surface area contributed by atoms with Gasteiger partial charge in [0.1, 0.15) is 0 Å². The number of aliphatic imine (C=N–C) groups is 1. The van der Waals surface area contributed by atoms with Crippen molar-refractivity contribution in [2.45, 2.75) is 25.6 Å². The fourth-order valence-electron chi connectivity index (χ4n) is 3.33. The van der Waals surface area contributed by atoms with Crippen LogP contribution in [0.3, 0.4) is 0 Å². The zero-order valence-electron chi connectivity index (χ0n) is 16.3. The molecule has 1 fully saturated rings. The van der Waals surface area contributed by atoms with Gasteiger partial charge in [0.15, 0.2) is 5.96 Å². The molecule has 2 N–H and O–H groups in total. The van der Waals surface area contributed by atoms with E-state index >= 15 is 0 Å². The van der Waals surface area contributed by atoms with Crippen molar-refractivity contribution in [1.29, 1.82) is 0 Å². The van der Waals surface area contributed by atoms with Crippen LogP contribution in [0.4, 0.5) is 5.69 Å². The number of rotatable bonds is 6. The molecule has 5 nitrogen and oxygen atoms in total. The lowest BCUT2D eigenvalue weighted by molar-refractivity contribution is 0.185. The SMILES string of the molecule is CN=C(NCc1cccc(COC)c1)NC1CCN(c2ccc(Br)cc2)C1.I. The first-order valence-corrected chi connectivity index (χ1v) is 10.0. The highest BCUT2D eigenvalue weighted by Crippen LogP contribution is 2.22. The Morgan fingerprint density at radius 2 is 1.96 bits per heavy atom. The first kappa shape index (κ1) is 23.0. The Hall–Kier alpha value is -1.32. The Kier molecular flexibility index (Phi) is 9.53. The lowest BCUT2D eigenvalue weighted by Crippen LogP contribution is -2.44. The van der Waals surface area contributed by atoms with Crippen LogP contribution in [0.25, 0.3) is 0 Å². The summed E-state index contributed by atoms with van der Waals surface area (Å²) in [6.45, 7) is 3.40. The second-order valence-electron chi connectivity index (χ2n) is 6.73. The van der Waals surface area contributed by atoms with E-state index in [0.717, 1.165) is 36.5 Å². The third kappa shape index (κ3) is 6.63. The minimum Gasteiger partial charge on any atom is -0.380 e. The zero-order chi connectivity index (χ0) is 19.1. The van der Waals surface area contributed by atoms with E-state index in [-0.39, 0.29) is 24.0 Å². The molecule has 0 amide bonds. The van der Waals surface area contributed by atoms with E-state index in [0.29, 0.717) is 12.6 Å². The van der Waals surface area contributed by atoms with Crippen molar-refractivity contribution >= 4 is 51.6 Å². The predicted octanol–water partition coefficient (Wildman–Crippen LogP) is 4.16. The maximum atomic E-state index is 5.21. The molecular weight excluding hydrogens is 531 g/mol. The lowest BCUT2D eigenvalue weighted by Gasteiger charge is -2.20. The number of hydrogen-bond donors (Lipinski definition) is 2. The van der Waals surface area contributed by atoms with E-state index in [1.54, 1.807) is 7.11 Å². The summed E-state index contributed by atoms with van der Waals surface area (Å²) in [5.74, 6) is 0.842. The number of hydrogen-bond acceptors (Lipinski definition) is 3. The van der Waals surface area contributed by atoms with Gasteiger partial charge in [-0.25, -0.2) is 0 Å². The van der Waals surface area contributed by atoms with Gasteiger partial charge in [-0.05, 0) is 41.8 Å². The Labute approximate surface area is 193 Å². The molecule has 0 bridgehead atoms. The smallest absolute Gasteiger partial charge is 0.191 e. The van der Waals surface area contributed by atoms with Gasteiger partial charge in [-0.3, -0.25) is 4.99 Å². The maximum Gasteiger partial charge on any atom is 0.191 e. The van der Waals surface area contributed by atoms with E-state index < -0.39 is 0 Å². The summed E-state index contributed by atoms with van der Waals surface area (Å²) in [4.78, 5) is 6.79. The number of guanidine groups is 1. The lowest BCUT2D eigenvalue weighted by atomic mass is 10.1. The molecule has 0 spiro atoms. The maximum absolute atomic E-state index is 5.21. The molecule has 28 heavy (non-hydrogen) atoms. The molecule has 1 heterocycles. The van der Waals surface area contributed by atoms with Crippen LogP contribution < -0.4 is 15.5 Å². The van der Waals surface area contributed by atoms with E-state index in [4.69, 9.17) is 4.74 Å². The molecule has 0 aliphatic carbocycles. The summed E-state index contributed by atoms with van der Waals surface area (Å²) in [6, 6.07) is 17.3. The molecule has 0 radical (unpaired) electrons. The number of methoxy groups -OCH3 is 1. The molecule has 1 aliphatic rings. The number of anilines is 1. The Balaban J connectivity index is 0.00000280. The van der Waals surface area contributed by atoms with Gasteiger partial charge in [0, 0.05) is 50.0 Å². The van der Waals surface area contributed by atoms with Crippen molar-refractivity contribution in [2.75, 3.05) is 32.1 Å². The average molecular weight is 559 g/mol. The highest BCUT2D eigenvalue weighted by atomic mass is 127. The summed E-state index contributed by atoms with van der Waals surface area (Å²) >= 11 is 3.50. The van der Waals surface area contributed by atoms with Crippen molar-refractivity contribution < 1.29 is 4.74 Å². The zero-order valence-corrected chi connectivity index (χ0v) is 20.2. The quantitative estimate of drug-likeness (QED) is 0.317. The van der Waals surface area contributed by atoms with Crippen LogP contribution >= 0.6 is 39.9 Å². The summed E-state index contributed by atoms with van der Waals surface area (Å²) in [6.07, 6.45) is 1.10. The molecule has 2 aromatic carbocycles. The Bertz CT molecular complexity index is 769. The topological polar surface area (TPSA) is 48.9 Å². The standard InChI is InChI=1S/C21H27BrN4O.HI/c1-23-21(24-13-16-4-3-5-17(12-16)15-27-2)25-19-10-11-26(14-19)20-8-6-18(22)7-9-20;/h3-9,12,19H,10-11,13-15H2,1-2H3,(H2,23,24,25);1H. The number of ether oxygens (including phenoxy) is 1. The molecule has 1 atom stereocenters. The highest BCUT2D eigenvalue weighted by Gasteiger charge is 2.23. The number of nitrogens with zero attached hydrogens (tertiary/aromatic N) is 2. The van der Waals surface area contributed by atoms with Crippen molar-refractivity contribution in [2.24, 2.45) is 4.99 Å². The number of halogens is 2. The van der Waals surface area contributed by atoms with Crippen molar-refractivity contribution in [1.82, 2.24) is 10.6 Å². The van der Waals surface area contributed by atoms with Gasteiger partial charge in [0.25, 0.3) is 0 Å². The summed E-state index contributed by atoms with van der Waals surface area (Å²) in [5.41, 5.74) is 3.66. The van der Waals surface area contributed by atoms with Crippen LogP contribution in [0.2, 0.25) is 0 Å². The highest BCUT2D eigenvalue weighted by molar-refractivity contribution is 14.0. The van der Waals surface area contributed by atoms with Gasteiger partial charge in [-0.1, -0.05) is 40.2 Å². The molecule has 1 unspecified atom stereocenters. The predicted molar refractivity (Wildman–Crippen MR) is 131 cm³/mol. The van der Waals surface area contributed by atoms with Crippen molar-refractivity contribution in [3.63, 3.8) is 0 Å². The summed E-state index contributed by atoms with van der Waals surface area (Å²) in [7, 11) is 3.54. The Morgan fingerprint density at radius 1 is 1.21 bits per heavy atom. The fourth-order valence-corrected chi connectivity index (χ4v) is 3.60. The number of benzene rings is 2. The van der Waals surface area contributed by atoms with Crippen LogP contribution in [0.1, 0.15) is 17.5 Å². The van der Waals surface area contributed by atoms with Crippen molar-refractivity contribution in [3.05, 3.63) is 64.1 Å². The van der Waals surface area contributed by atoms with Gasteiger partial charge >= 0.3 is 0 Å². The monoisotopic (exact) mass is 558 g/mol. The molecule has 3 rings (SSSR count). The molecule has 1 saturated heterocycles. The fraction of sp³-hybridized carbons (Fsp3) is 0.381. The normalized spacial score (nSPS) is 16.6. The second-order valence-corrected chi connectivity index (χ2v) is 7.65. The molecule has 1 aliphatic heterocycles. The van der Waals surface area contributed by atoms with E-state index in [2.05, 4.69) is 85.0 Å². The molecule has 0 saturated carbocycles. The molecule has 7 heteroatoms. The summed E-state index contributed by atoms with van der Waals surface area (Å²) < 4.78 is 6.32. The second kappa shape index (κ2) is 11.6. The number of nitrogens with one attached hydrogen (secondary N) is 2.